The van der Waals surface area contributed by atoms with Gasteiger partial charge in [-0.3, -0.25) is 14.9 Å². The Hall–Kier alpha value is -4.05. The quantitative estimate of drug-likeness (QED) is 0.130. The normalized spacial score (nSPS) is 14.1. The highest BCUT2D eigenvalue weighted by Gasteiger charge is 2.22. The van der Waals surface area contributed by atoms with Gasteiger partial charge in [-0.25, -0.2) is 4.98 Å². The van der Waals surface area contributed by atoms with E-state index in [0.29, 0.717) is 28.2 Å². The van der Waals surface area contributed by atoms with Crippen LogP contribution in [0.2, 0.25) is 0 Å². The van der Waals surface area contributed by atoms with Crippen LogP contribution in [-0.4, -0.2) is 27.9 Å². The molecule has 0 spiro atoms. The average Bonchev–Trinajstić information content (AvgIpc) is 2.96. The third kappa shape index (κ3) is 6.01. The van der Waals surface area contributed by atoms with Crippen molar-refractivity contribution >= 4 is 38.7 Å². The van der Waals surface area contributed by atoms with Crippen LogP contribution in [0.5, 0.6) is 11.5 Å². The topological polar surface area (TPSA) is 109 Å². The van der Waals surface area contributed by atoms with Crippen LogP contribution in [0.25, 0.3) is 10.9 Å². The number of hydrogen-bond acceptors (Lipinski definition) is 7. The number of nitro benzene ring substituents is 1. The Labute approximate surface area is 233 Å². The average molecular weight is 591 g/mol. The Kier molecular flexibility index (Phi) is 8.02. The van der Waals surface area contributed by atoms with Crippen molar-refractivity contribution in [2.45, 2.75) is 44.6 Å². The third-order valence-corrected chi connectivity index (χ3v) is 7.35. The van der Waals surface area contributed by atoms with Gasteiger partial charge in [0.2, 0.25) is 0 Å². The Morgan fingerprint density at radius 1 is 1.08 bits per heavy atom. The van der Waals surface area contributed by atoms with E-state index in [2.05, 4.69) is 21.0 Å². The number of fused-ring (bicyclic) bond motifs is 1. The fourth-order valence-corrected chi connectivity index (χ4v) is 5.15. The summed E-state index contributed by atoms with van der Waals surface area (Å²) in [5.41, 5.74) is 2.02. The van der Waals surface area contributed by atoms with Gasteiger partial charge in [0, 0.05) is 22.5 Å². The molecule has 39 heavy (non-hydrogen) atoms. The van der Waals surface area contributed by atoms with Gasteiger partial charge in [0.25, 0.3) is 11.2 Å². The SMILES string of the molecule is COc1cc(C=Nn2c(C3CCCCC3)nc3ccc(Br)cc3c2=O)ccc1OCc1ccc([N+](=O)[O-])cc1. The molecule has 1 saturated carbocycles. The van der Waals surface area contributed by atoms with Gasteiger partial charge in [0.15, 0.2) is 11.5 Å². The zero-order valence-corrected chi connectivity index (χ0v) is 23.0. The van der Waals surface area contributed by atoms with Crippen LogP contribution in [0.15, 0.2) is 75.0 Å². The first-order chi connectivity index (χ1) is 18.9. The molecule has 9 nitrogen and oxygen atoms in total. The van der Waals surface area contributed by atoms with Gasteiger partial charge in [-0.15, -0.1) is 0 Å². The number of rotatable bonds is 8. The highest BCUT2D eigenvalue weighted by molar-refractivity contribution is 9.10. The molecule has 1 heterocycles. The second-order valence-electron chi connectivity index (χ2n) is 9.45. The summed E-state index contributed by atoms with van der Waals surface area (Å²) >= 11 is 3.45. The van der Waals surface area contributed by atoms with Gasteiger partial charge < -0.3 is 9.47 Å². The smallest absolute Gasteiger partial charge is 0.282 e. The Morgan fingerprint density at radius 2 is 1.85 bits per heavy atom. The van der Waals surface area contributed by atoms with Crippen molar-refractivity contribution in [2.24, 2.45) is 5.10 Å². The first-order valence-electron chi connectivity index (χ1n) is 12.7. The number of non-ortho nitro benzene ring substituents is 1. The van der Waals surface area contributed by atoms with Crippen LogP contribution >= 0.6 is 15.9 Å². The molecule has 0 N–H and O–H groups in total. The highest BCUT2D eigenvalue weighted by Crippen LogP contribution is 2.32. The summed E-state index contributed by atoms with van der Waals surface area (Å²) < 4.78 is 13.7. The number of benzene rings is 3. The molecule has 0 radical (unpaired) electrons. The van der Waals surface area contributed by atoms with E-state index in [9.17, 15) is 14.9 Å². The summed E-state index contributed by atoms with van der Waals surface area (Å²) in [7, 11) is 1.55. The molecule has 10 heteroatoms. The van der Waals surface area contributed by atoms with Crippen LogP contribution < -0.4 is 15.0 Å². The van der Waals surface area contributed by atoms with Gasteiger partial charge in [0.05, 0.1) is 29.2 Å². The highest BCUT2D eigenvalue weighted by atomic mass is 79.9. The second-order valence-corrected chi connectivity index (χ2v) is 10.4. The minimum atomic E-state index is -0.437. The van der Waals surface area contributed by atoms with Crippen LogP contribution in [0.4, 0.5) is 5.69 Å². The molecular weight excluding hydrogens is 564 g/mol. The Balaban J connectivity index is 1.42. The van der Waals surface area contributed by atoms with E-state index in [0.717, 1.165) is 41.3 Å². The zero-order valence-electron chi connectivity index (χ0n) is 21.4. The lowest BCUT2D eigenvalue weighted by atomic mass is 9.88. The zero-order chi connectivity index (χ0) is 27.4. The molecule has 1 aliphatic rings. The van der Waals surface area contributed by atoms with E-state index in [1.54, 1.807) is 43.7 Å². The molecule has 0 bridgehead atoms. The van der Waals surface area contributed by atoms with Crippen LogP contribution in [-0.2, 0) is 6.61 Å². The molecule has 4 aromatic rings. The van der Waals surface area contributed by atoms with Crippen molar-refractivity contribution in [3.05, 3.63) is 103 Å². The monoisotopic (exact) mass is 590 g/mol. The first-order valence-corrected chi connectivity index (χ1v) is 13.5. The lowest BCUT2D eigenvalue weighted by molar-refractivity contribution is -0.384. The van der Waals surface area contributed by atoms with Crippen LogP contribution in [0.3, 0.4) is 0 Å². The van der Waals surface area contributed by atoms with Gasteiger partial charge in [-0.1, -0.05) is 35.2 Å². The van der Waals surface area contributed by atoms with Gasteiger partial charge >= 0.3 is 0 Å². The van der Waals surface area contributed by atoms with E-state index < -0.39 is 4.92 Å². The van der Waals surface area contributed by atoms with Crippen molar-refractivity contribution < 1.29 is 14.4 Å². The van der Waals surface area contributed by atoms with Crippen molar-refractivity contribution in [1.82, 2.24) is 9.66 Å². The lowest BCUT2D eigenvalue weighted by Crippen LogP contribution is -2.25. The summed E-state index contributed by atoms with van der Waals surface area (Å²) in [6, 6.07) is 17.1. The van der Waals surface area contributed by atoms with E-state index in [-0.39, 0.29) is 23.8 Å². The summed E-state index contributed by atoms with van der Waals surface area (Å²) in [4.78, 5) is 28.8. The first kappa shape index (κ1) is 26.6. The molecule has 5 rings (SSSR count). The lowest BCUT2D eigenvalue weighted by Gasteiger charge is -2.22. The van der Waals surface area contributed by atoms with E-state index in [4.69, 9.17) is 14.5 Å². The Morgan fingerprint density at radius 3 is 2.56 bits per heavy atom. The largest absolute Gasteiger partial charge is 0.493 e. The fraction of sp³-hybridized carbons (Fsp3) is 0.276. The number of aromatic nitrogens is 2. The maximum absolute atomic E-state index is 13.5. The number of ether oxygens (including phenoxy) is 2. The maximum atomic E-state index is 13.5. The number of hydrogen-bond donors (Lipinski definition) is 0. The summed E-state index contributed by atoms with van der Waals surface area (Å²) in [5.74, 6) is 1.90. The number of methoxy groups -OCH3 is 1. The van der Waals surface area contributed by atoms with E-state index in [1.165, 1.54) is 23.2 Å². The van der Waals surface area contributed by atoms with Crippen LogP contribution in [0.1, 0.15) is 55.0 Å². The Bertz CT molecular complexity index is 1590. The number of nitrogens with zero attached hydrogens (tertiary/aromatic N) is 4. The standard InChI is InChI=1S/C29H27BrN4O5/c1-38-27-15-20(9-14-26(27)39-18-19-7-11-23(12-8-19)34(36)37)17-31-33-28(21-5-3-2-4-6-21)32-25-13-10-22(30)16-24(25)29(33)35/h7-17,21H,2-6,18H2,1H3. The molecule has 0 unspecified atom stereocenters. The predicted molar refractivity (Wildman–Crippen MR) is 153 cm³/mol. The minimum absolute atomic E-state index is 0.0277. The predicted octanol–water partition coefficient (Wildman–Crippen LogP) is 6.58. The molecule has 0 saturated heterocycles. The van der Waals surface area contributed by atoms with Crippen molar-refractivity contribution in [2.75, 3.05) is 7.11 Å². The molecule has 3 aromatic carbocycles. The van der Waals surface area contributed by atoms with Crippen molar-refractivity contribution in [3.63, 3.8) is 0 Å². The summed E-state index contributed by atoms with van der Waals surface area (Å²) in [6.45, 7) is 0.222. The van der Waals surface area contributed by atoms with E-state index in [1.807, 2.05) is 18.2 Å². The summed E-state index contributed by atoms with van der Waals surface area (Å²) in [5, 5.41) is 16.0. The van der Waals surface area contributed by atoms with Gasteiger partial charge in [0.1, 0.15) is 12.4 Å². The summed E-state index contributed by atoms with van der Waals surface area (Å²) in [6.07, 6.45) is 7.02. The molecule has 1 aliphatic carbocycles. The fourth-order valence-electron chi connectivity index (χ4n) is 4.79. The van der Waals surface area contributed by atoms with Crippen LogP contribution in [0, 0.1) is 10.1 Å². The molecule has 0 atom stereocenters. The third-order valence-electron chi connectivity index (χ3n) is 6.86. The number of nitro groups is 1. The van der Waals surface area contributed by atoms with Crippen molar-refractivity contribution in [1.29, 1.82) is 0 Å². The molecule has 1 fully saturated rings. The van der Waals surface area contributed by atoms with Gasteiger partial charge in [-0.2, -0.15) is 9.78 Å². The molecular formula is C29H27BrN4O5. The second kappa shape index (κ2) is 11.8. The maximum Gasteiger partial charge on any atom is 0.282 e. The van der Waals surface area contributed by atoms with Gasteiger partial charge in [-0.05, 0) is 72.5 Å². The molecule has 0 aliphatic heterocycles. The number of halogens is 1. The minimum Gasteiger partial charge on any atom is -0.493 e. The molecule has 1 aromatic heterocycles. The molecule has 0 amide bonds. The molecule has 200 valence electrons. The van der Waals surface area contributed by atoms with Crippen molar-refractivity contribution in [3.8, 4) is 11.5 Å². The van der Waals surface area contributed by atoms with E-state index >= 15 is 0 Å².